The maximum absolute atomic E-state index is 12.9. The highest BCUT2D eigenvalue weighted by molar-refractivity contribution is 5.79. The predicted octanol–water partition coefficient (Wildman–Crippen LogP) is 4.27. The summed E-state index contributed by atoms with van der Waals surface area (Å²) in [7, 11) is 0. The first-order chi connectivity index (χ1) is 14.7. The number of benzene rings is 1. The molecule has 30 heavy (non-hydrogen) atoms. The van der Waals surface area contributed by atoms with Gasteiger partial charge in [-0.05, 0) is 55.3 Å². The maximum Gasteiger partial charge on any atom is 0.237 e. The van der Waals surface area contributed by atoms with Gasteiger partial charge in [-0.25, -0.2) is 9.97 Å². The van der Waals surface area contributed by atoms with Crippen molar-refractivity contribution in [3.63, 3.8) is 0 Å². The summed E-state index contributed by atoms with van der Waals surface area (Å²) in [6.45, 7) is 6.55. The van der Waals surface area contributed by atoms with Crippen LogP contribution in [-0.2, 0) is 4.79 Å². The number of amides is 1. The minimum absolute atomic E-state index is 0.279. The van der Waals surface area contributed by atoms with Gasteiger partial charge in [-0.2, -0.15) is 0 Å². The molecule has 5 heteroatoms. The van der Waals surface area contributed by atoms with Crippen LogP contribution in [0.2, 0.25) is 0 Å². The summed E-state index contributed by atoms with van der Waals surface area (Å²) in [6.07, 6.45) is 11.6. The van der Waals surface area contributed by atoms with Crippen LogP contribution in [0.1, 0.15) is 44.6 Å². The van der Waals surface area contributed by atoms with Gasteiger partial charge in [0.15, 0.2) is 5.82 Å². The molecule has 0 radical (unpaired) electrons. The van der Waals surface area contributed by atoms with Crippen molar-refractivity contribution in [3.05, 3.63) is 54.4 Å². The number of allylic oxidation sites excluding steroid dienone is 1. The SMILES string of the molecule is CCC[C@H]1CCN(CC(=O)N2CC=C(c3ccc(-c4ncccn4)cc3)CCC2)C1. The Hall–Kier alpha value is -2.53. The van der Waals surface area contributed by atoms with E-state index in [4.69, 9.17) is 0 Å². The van der Waals surface area contributed by atoms with E-state index in [1.165, 1.54) is 30.4 Å². The Morgan fingerprint density at radius 2 is 1.87 bits per heavy atom. The molecule has 158 valence electrons. The molecule has 0 spiro atoms. The molecule has 1 atom stereocenters. The van der Waals surface area contributed by atoms with Crippen molar-refractivity contribution in [3.8, 4) is 11.4 Å². The quantitative estimate of drug-likeness (QED) is 0.721. The largest absolute Gasteiger partial charge is 0.338 e. The first kappa shape index (κ1) is 20.7. The van der Waals surface area contributed by atoms with Crippen LogP contribution in [-0.4, -0.2) is 58.4 Å². The zero-order valence-electron chi connectivity index (χ0n) is 18.0. The van der Waals surface area contributed by atoms with E-state index in [2.05, 4.69) is 52.1 Å². The van der Waals surface area contributed by atoms with Gasteiger partial charge >= 0.3 is 0 Å². The molecule has 1 aromatic carbocycles. The monoisotopic (exact) mass is 404 g/mol. The summed E-state index contributed by atoms with van der Waals surface area (Å²) < 4.78 is 0. The number of hydrogen-bond acceptors (Lipinski definition) is 4. The zero-order valence-corrected chi connectivity index (χ0v) is 18.0. The highest BCUT2D eigenvalue weighted by Gasteiger charge is 2.25. The first-order valence-electron chi connectivity index (χ1n) is 11.3. The van der Waals surface area contributed by atoms with Crippen molar-refractivity contribution in [1.29, 1.82) is 0 Å². The molecule has 3 heterocycles. The highest BCUT2D eigenvalue weighted by Crippen LogP contribution is 2.26. The molecule has 1 aromatic heterocycles. The highest BCUT2D eigenvalue weighted by atomic mass is 16.2. The van der Waals surface area contributed by atoms with E-state index in [1.807, 2.05) is 11.0 Å². The summed E-state index contributed by atoms with van der Waals surface area (Å²) in [5.74, 6) is 1.81. The number of aromatic nitrogens is 2. The lowest BCUT2D eigenvalue weighted by Gasteiger charge is -2.23. The lowest BCUT2D eigenvalue weighted by atomic mass is 10.00. The lowest BCUT2D eigenvalue weighted by Crippen LogP contribution is -2.39. The molecule has 4 rings (SSSR count). The van der Waals surface area contributed by atoms with Crippen LogP contribution < -0.4 is 0 Å². The molecule has 0 unspecified atom stereocenters. The molecule has 2 aliphatic heterocycles. The fraction of sp³-hybridized carbons (Fsp3) is 0.480. The molecule has 0 saturated carbocycles. The smallest absolute Gasteiger partial charge is 0.237 e. The van der Waals surface area contributed by atoms with Gasteiger partial charge in [-0.1, -0.05) is 43.7 Å². The van der Waals surface area contributed by atoms with Crippen molar-refractivity contribution in [1.82, 2.24) is 19.8 Å². The summed E-state index contributed by atoms with van der Waals surface area (Å²) in [4.78, 5) is 25.9. The van der Waals surface area contributed by atoms with Crippen LogP contribution in [0.5, 0.6) is 0 Å². The minimum Gasteiger partial charge on any atom is -0.338 e. The fourth-order valence-electron chi connectivity index (χ4n) is 4.64. The Kier molecular flexibility index (Phi) is 6.90. The Labute approximate surface area is 179 Å². The second kappa shape index (κ2) is 9.98. The van der Waals surface area contributed by atoms with Crippen molar-refractivity contribution >= 4 is 11.5 Å². The normalized spacial score (nSPS) is 20.1. The van der Waals surface area contributed by atoms with E-state index >= 15 is 0 Å². The molecule has 2 aromatic rings. The van der Waals surface area contributed by atoms with Crippen molar-refractivity contribution in [2.75, 3.05) is 32.7 Å². The van der Waals surface area contributed by atoms with Crippen molar-refractivity contribution in [2.24, 2.45) is 5.92 Å². The van der Waals surface area contributed by atoms with Gasteiger partial charge in [-0.15, -0.1) is 0 Å². The average Bonchev–Trinajstić information content (AvgIpc) is 3.07. The molecular weight excluding hydrogens is 372 g/mol. The van der Waals surface area contributed by atoms with E-state index in [0.717, 1.165) is 49.8 Å². The standard InChI is InChI=1S/C25H32N4O/c1-2-5-20-11-16-28(18-20)19-24(30)29-15-3-6-21(12-17-29)22-7-9-23(10-8-22)25-26-13-4-14-27-25/h4,7-10,12-14,20H,2-3,5-6,11,15-19H2,1H3/t20-/m0/s1. The van der Waals surface area contributed by atoms with Gasteiger partial charge in [0.05, 0.1) is 6.54 Å². The Morgan fingerprint density at radius 1 is 1.10 bits per heavy atom. The third-order valence-electron chi connectivity index (χ3n) is 6.29. The molecule has 2 aliphatic rings. The van der Waals surface area contributed by atoms with Crippen LogP contribution in [0.4, 0.5) is 0 Å². The molecule has 0 aliphatic carbocycles. The molecule has 1 saturated heterocycles. The fourth-order valence-corrected chi connectivity index (χ4v) is 4.64. The molecule has 5 nitrogen and oxygen atoms in total. The minimum atomic E-state index is 0.279. The Morgan fingerprint density at radius 3 is 2.63 bits per heavy atom. The topological polar surface area (TPSA) is 49.3 Å². The van der Waals surface area contributed by atoms with Gasteiger partial charge < -0.3 is 4.90 Å². The summed E-state index contributed by atoms with van der Waals surface area (Å²) >= 11 is 0. The first-order valence-corrected chi connectivity index (χ1v) is 11.3. The van der Waals surface area contributed by atoms with Gasteiger partial charge in [0.2, 0.25) is 5.91 Å². The number of nitrogens with zero attached hydrogens (tertiary/aromatic N) is 4. The van der Waals surface area contributed by atoms with Gasteiger partial charge in [-0.3, -0.25) is 9.69 Å². The van der Waals surface area contributed by atoms with E-state index in [1.54, 1.807) is 12.4 Å². The summed E-state index contributed by atoms with van der Waals surface area (Å²) in [5, 5.41) is 0. The number of likely N-dealkylation sites (tertiary alicyclic amines) is 1. The van der Waals surface area contributed by atoms with Crippen LogP contribution in [0.25, 0.3) is 17.0 Å². The summed E-state index contributed by atoms with van der Waals surface area (Å²) in [5.41, 5.74) is 3.58. The van der Waals surface area contributed by atoms with Crippen molar-refractivity contribution < 1.29 is 4.79 Å². The van der Waals surface area contributed by atoms with Crippen molar-refractivity contribution in [2.45, 2.75) is 39.0 Å². The molecule has 0 N–H and O–H groups in total. The number of carbonyl (C=O) groups is 1. The Bertz CT molecular complexity index is 862. The maximum atomic E-state index is 12.9. The molecule has 1 fully saturated rings. The molecule has 0 bridgehead atoms. The zero-order chi connectivity index (χ0) is 20.8. The average molecular weight is 405 g/mol. The third kappa shape index (κ3) is 5.14. The van der Waals surface area contributed by atoms with Crippen LogP contribution >= 0.6 is 0 Å². The molecule has 1 amide bonds. The third-order valence-corrected chi connectivity index (χ3v) is 6.29. The summed E-state index contributed by atoms with van der Waals surface area (Å²) in [6, 6.07) is 10.3. The van der Waals surface area contributed by atoms with Crippen LogP contribution in [0, 0.1) is 5.92 Å². The van der Waals surface area contributed by atoms with E-state index in [9.17, 15) is 4.79 Å². The van der Waals surface area contributed by atoms with E-state index in [-0.39, 0.29) is 5.91 Å². The predicted molar refractivity (Wildman–Crippen MR) is 121 cm³/mol. The van der Waals surface area contributed by atoms with Crippen LogP contribution in [0.3, 0.4) is 0 Å². The van der Waals surface area contributed by atoms with Gasteiger partial charge in [0.25, 0.3) is 0 Å². The molecular formula is C25H32N4O. The van der Waals surface area contributed by atoms with E-state index < -0.39 is 0 Å². The number of rotatable bonds is 6. The van der Waals surface area contributed by atoms with Gasteiger partial charge in [0, 0.05) is 37.6 Å². The van der Waals surface area contributed by atoms with E-state index in [0.29, 0.717) is 13.1 Å². The number of carbonyl (C=O) groups excluding carboxylic acids is 1. The second-order valence-corrected chi connectivity index (χ2v) is 8.50. The van der Waals surface area contributed by atoms with Crippen LogP contribution in [0.15, 0.2) is 48.8 Å². The second-order valence-electron chi connectivity index (χ2n) is 8.50. The number of hydrogen-bond donors (Lipinski definition) is 0. The lowest BCUT2D eigenvalue weighted by molar-refractivity contribution is -0.131. The Balaban J connectivity index is 1.35. The van der Waals surface area contributed by atoms with Gasteiger partial charge in [0.1, 0.15) is 0 Å².